The van der Waals surface area contributed by atoms with E-state index in [0.717, 1.165) is 24.1 Å². The normalized spacial score (nSPS) is 10.3. The summed E-state index contributed by atoms with van der Waals surface area (Å²) in [7, 11) is 0. The SMILES string of the molecule is CCCc1nn(-c2cc(C)ccn2)c(Cl)c1C#N. The van der Waals surface area contributed by atoms with Crippen LogP contribution in [-0.2, 0) is 6.42 Å². The number of nitrogens with zero attached hydrogens (tertiary/aromatic N) is 4. The lowest BCUT2D eigenvalue weighted by atomic mass is 10.2. The largest absolute Gasteiger partial charge is 0.237 e. The van der Waals surface area contributed by atoms with E-state index in [0.29, 0.717) is 16.5 Å². The molecule has 92 valence electrons. The van der Waals surface area contributed by atoms with E-state index in [1.807, 2.05) is 26.0 Å². The number of nitriles is 1. The third-order valence-electron chi connectivity index (χ3n) is 2.62. The lowest BCUT2D eigenvalue weighted by Crippen LogP contribution is -2.00. The maximum Gasteiger partial charge on any atom is 0.155 e. The molecule has 2 aromatic heterocycles. The van der Waals surface area contributed by atoms with Crippen molar-refractivity contribution in [1.82, 2.24) is 14.8 Å². The van der Waals surface area contributed by atoms with Crippen LogP contribution in [0.25, 0.3) is 5.82 Å². The van der Waals surface area contributed by atoms with Gasteiger partial charge in [0, 0.05) is 6.20 Å². The highest BCUT2D eigenvalue weighted by atomic mass is 35.5. The van der Waals surface area contributed by atoms with E-state index in [-0.39, 0.29) is 0 Å². The number of rotatable bonds is 3. The van der Waals surface area contributed by atoms with Gasteiger partial charge in [-0.3, -0.25) is 0 Å². The number of hydrogen-bond acceptors (Lipinski definition) is 3. The zero-order chi connectivity index (χ0) is 13.1. The van der Waals surface area contributed by atoms with Crippen molar-refractivity contribution < 1.29 is 0 Å². The lowest BCUT2D eigenvalue weighted by Gasteiger charge is -2.02. The fourth-order valence-electron chi connectivity index (χ4n) is 1.75. The summed E-state index contributed by atoms with van der Waals surface area (Å²) in [6.45, 7) is 4.01. The number of aromatic nitrogens is 3. The first-order valence-corrected chi connectivity index (χ1v) is 6.15. The fourth-order valence-corrected chi connectivity index (χ4v) is 2.03. The van der Waals surface area contributed by atoms with Crippen molar-refractivity contribution in [1.29, 1.82) is 5.26 Å². The van der Waals surface area contributed by atoms with Gasteiger partial charge in [0.25, 0.3) is 0 Å². The zero-order valence-electron chi connectivity index (χ0n) is 10.3. The Labute approximate surface area is 111 Å². The van der Waals surface area contributed by atoms with Gasteiger partial charge in [-0.1, -0.05) is 24.9 Å². The van der Waals surface area contributed by atoms with Gasteiger partial charge in [-0.25, -0.2) is 9.67 Å². The Morgan fingerprint density at radius 1 is 1.50 bits per heavy atom. The highest BCUT2D eigenvalue weighted by molar-refractivity contribution is 6.31. The van der Waals surface area contributed by atoms with E-state index in [2.05, 4.69) is 16.2 Å². The van der Waals surface area contributed by atoms with Crippen molar-refractivity contribution in [3.8, 4) is 11.9 Å². The van der Waals surface area contributed by atoms with Gasteiger partial charge in [-0.15, -0.1) is 0 Å². The maximum atomic E-state index is 9.13. The van der Waals surface area contributed by atoms with Crippen LogP contribution in [0.1, 0.15) is 30.2 Å². The molecular weight excluding hydrogens is 248 g/mol. The first-order chi connectivity index (χ1) is 8.67. The fraction of sp³-hybridized carbons (Fsp3) is 0.308. The molecule has 0 spiro atoms. The molecule has 4 nitrogen and oxygen atoms in total. The number of aryl methyl sites for hydroxylation is 2. The quantitative estimate of drug-likeness (QED) is 0.852. The summed E-state index contributed by atoms with van der Waals surface area (Å²) in [5.74, 6) is 0.638. The highest BCUT2D eigenvalue weighted by Gasteiger charge is 2.17. The molecule has 0 bridgehead atoms. The molecule has 0 unspecified atom stereocenters. The maximum absolute atomic E-state index is 9.13. The Balaban J connectivity index is 2.56. The van der Waals surface area contributed by atoms with Gasteiger partial charge in [-0.05, 0) is 31.0 Å². The number of halogens is 1. The van der Waals surface area contributed by atoms with Crippen LogP contribution in [0.2, 0.25) is 5.15 Å². The molecule has 0 aliphatic heterocycles. The summed E-state index contributed by atoms with van der Waals surface area (Å²) < 4.78 is 1.53. The molecule has 0 atom stereocenters. The third kappa shape index (κ3) is 2.22. The molecule has 0 saturated carbocycles. The zero-order valence-corrected chi connectivity index (χ0v) is 11.1. The van der Waals surface area contributed by atoms with Gasteiger partial charge in [0.15, 0.2) is 11.0 Å². The molecule has 2 heterocycles. The average Bonchev–Trinajstić information content (AvgIpc) is 2.66. The summed E-state index contributed by atoms with van der Waals surface area (Å²) in [6, 6.07) is 5.90. The van der Waals surface area contributed by atoms with Gasteiger partial charge in [0.2, 0.25) is 0 Å². The molecule has 5 heteroatoms. The molecule has 0 aromatic carbocycles. The highest BCUT2D eigenvalue weighted by Crippen LogP contribution is 2.23. The van der Waals surface area contributed by atoms with Gasteiger partial charge in [0.1, 0.15) is 11.6 Å². The Morgan fingerprint density at radius 2 is 2.28 bits per heavy atom. The summed E-state index contributed by atoms with van der Waals surface area (Å²) in [5.41, 5.74) is 2.25. The van der Waals surface area contributed by atoms with Crippen LogP contribution in [0, 0.1) is 18.3 Å². The van der Waals surface area contributed by atoms with Crippen LogP contribution in [0.5, 0.6) is 0 Å². The second kappa shape index (κ2) is 5.19. The standard InChI is InChI=1S/C13H13ClN4/c1-3-4-11-10(8-15)13(14)18(17-11)12-7-9(2)5-6-16-12/h5-7H,3-4H2,1-2H3. The van der Waals surface area contributed by atoms with Crippen LogP contribution in [0.3, 0.4) is 0 Å². The molecule has 2 aromatic rings. The topological polar surface area (TPSA) is 54.5 Å². The molecule has 2 rings (SSSR count). The molecule has 0 amide bonds. The van der Waals surface area contributed by atoms with Crippen molar-refractivity contribution in [2.45, 2.75) is 26.7 Å². The van der Waals surface area contributed by atoms with Crippen molar-refractivity contribution in [3.63, 3.8) is 0 Å². The van der Waals surface area contributed by atoms with Crippen molar-refractivity contribution >= 4 is 11.6 Å². The number of pyridine rings is 1. The summed E-state index contributed by atoms with van der Waals surface area (Å²) in [4.78, 5) is 4.23. The Morgan fingerprint density at radius 3 is 2.89 bits per heavy atom. The molecule has 0 N–H and O–H groups in total. The van der Waals surface area contributed by atoms with E-state index in [1.54, 1.807) is 6.20 Å². The van der Waals surface area contributed by atoms with E-state index in [9.17, 15) is 0 Å². The molecular formula is C13H13ClN4. The average molecular weight is 261 g/mol. The van der Waals surface area contributed by atoms with Crippen LogP contribution < -0.4 is 0 Å². The molecule has 0 saturated heterocycles. The Kier molecular flexibility index (Phi) is 3.63. The van der Waals surface area contributed by atoms with Gasteiger partial charge in [0.05, 0.1) is 5.69 Å². The first kappa shape index (κ1) is 12.6. The van der Waals surface area contributed by atoms with Crippen LogP contribution in [0.4, 0.5) is 0 Å². The second-order valence-electron chi connectivity index (χ2n) is 4.08. The molecule has 0 fully saturated rings. The van der Waals surface area contributed by atoms with Gasteiger partial charge >= 0.3 is 0 Å². The van der Waals surface area contributed by atoms with Gasteiger partial charge < -0.3 is 0 Å². The summed E-state index contributed by atoms with van der Waals surface area (Å²) in [5, 5.41) is 13.8. The summed E-state index contributed by atoms with van der Waals surface area (Å²) in [6.07, 6.45) is 3.36. The molecule has 0 radical (unpaired) electrons. The van der Waals surface area contributed by atoms with Crippen molar-refractivity contribution in [2.75, 3.05) is 0 Å². The van der Waals surface area contributed by atoms with E-state index >= 15 is 0 Å². The van der Waals surface area contributed by atoms with Crippen molar-refractivity contribution in [2.24, 2.45) is 0 Å². The predicted molar refractivity (Wildman–Crippen MR) is 69.8 cm³/mol. The smallest absolute Gasteiger partial charge is 0.155 e. The number of hydrogen-bond donors (Lipinski definition) is 0. The minimum Gasteiger partial charge on any atom is -0.237 e. The predicted octanol–water partition coefficient (Wildman–Crippen LogP) is 3.05. The van der Waals surface area contributed by atoms with E-state index in [4.69, 9.17) is 16.9 Å². The first-order valence-electron chi connectivity index (χ1n) is 5.78. The minimum absolute atomic E-state index is 0.332. The van der Waals surface area contributed by atoms with E-state index in [1.165, 1.54) is 4.68 Å². The second-order valence-corrected chi connectivity index (χ2v) is 4.44. The lowest BCUT2D eigenvalue weighted by molar-refractivity contribution is 0.790. The van der Waals surface area contributed by atoms with E-state index < -0.39 is 0 Å². The minimum atomic E-state index is 0.332. The van der Waals surface area contributed by atoms with Gasteiger partial charge in [-0.2, -0.15) is 10.4 Å². The monoisotopic (exact) mass is 260 g/mol. The van der Waals surface area contributed by atoms with Crippen LogP contribution in [0.15, 0.2) is 18.3 Å². The third-order valence-corrected chi connectivity index (χ3v) is 2.97. The van der Waals surface area contributed by atoms with Crippen LogP contribution in [-0.4, -0.2) is 14.8 Å². The molecule has 0 aliphatic rings. The Hall–Kier alpha value is -1.86. The molecule has 18 heavy (non-hydrogen) atoms. The molecule has 0 aliphatic carbocycles. The Bertz CT molecular complexity index is 610. The summed E-state index contributed by atoms with van der Waals surface area (Å²) >= 11 is 6.19. The van der Waals surface area contributed by atoms with Crippen LogP contribution >= 0.6 is 11.6 Å². The van der Waals surface area contributed by atoms with Crippen molar-refractivity contribution in [3.05, 3.63) is 40.3 Å².